The molecule has 0 bridgehead atoms. The molecule has 170 valence electrons. The highest BCUT2D eigenvalue weighted by Crippen LogP contribution is 2.29. The molecule has 0 saturated carbocycles. The molecule has 33 heavy (non-hydrogen) atoms. The lowest BCUT2D eigenvalue weighted by Crippen LogP contribution is -2.37. The Labute approximate surface area is 195 Å². The van der Waals surface area contributed by atoms with E-state index in [2.05, 4.69) is 0 Å². The number of ether oxygens (including phenoxy) is 1. The third kappa shape index (κ3) is 3.90. The van der Waals surface area contributed by atoms with E-state index >= 15 is 0 Å². The number of amides is 1. The number of benzene rings is 3. The smallest absolute Gasteiger partial charge is 0.328 e. The van der Waals surface area contributed by atoms with Crippen LogP contribution in [0.15, 0.2) is 76.4 Å². The third-order valence-electron chi connectivity index (χ3n) is 5.36. The van der Waals surface area contributed by atoms with Crippen LogP contribution in [0.1, 0.15) is 10.4 Å². The minimum Gasteiger partial charge on any atom is -0.497 e. The monoisotopic (exact) mass is 485 g/mol. The van der Waals surface area contributed by atoms with Crippen LogP contribution < -0.4 is 14.7 Å². The van der Waals surface area contributed by atoms with Crippen LogP contribution in [0.25, 0.3) is 11.0 Å². The fourth-order valence-electron chi connectivity index (χ4n) is 3.54. The van der Waals surface area contributed by atoms with E-state index in [-0.39, 0.29) is 21.8 Å². The van der Waals surface area contributed by atoms with Gasteiger partial charge in [0, 0.05) is 24.7 Å². The van der Waals surface area contributed by atoms with Gasteiger partial charge in [-0.1, -0.05) is 11.6 Å². The van der Waals surface area contributed by atoms with E-state index in [1.807, 2.05) is 0 Å². The van der Waals surface area contributed by atoms with Crippen LogP contribution in [0.3, 0.4) is 0 Å². The Kier molecular flexibility index (Phi) is 5.77. The number of anilines is 1. The standard InChI is InChI=1S/C23H20ClN3O5S/c1-25-20-13-12-19(14-21(20)26(2)23(25)29)33(30,31)27(17-8-10-18(32-3)11-9-17)22(28)15-4-6-16(24)7-5-15/h4-14H,1-3H3. The van der Waals surface area contributed by atoms with Crippen molar-refractivity contribution in [3.63, 3.8) is 0 Å². The Balaban J connectivity index is 1.90. The lowest BCUT2D eigenvalue weighted by molar-refractivity contribution is 0.101. The maximum atomic E-state index is 13.8. The second kappa shape index (κ2) is 8.42. The molecule has 1 aromatic heterocycles. The number of carbonyl (C=O) groups excluding carboxylic acids is 1. The second-order valence-corrected chi connectivity index (χ2v) is 9.55. The van der Waals surface area contributed by atoms with Gasteiger partial charge in [0.2, 0.25) is 0 Å². The lowest BCUT2D eigenvalue weighted by atomic mass is 10.2. The molecule has 4 aromatic rings. The van der Waals surface area contributed by atoms with Crippen LogP contribution in [-0.4, -0.2) is 30.6 Å². The quantitative estimate of drug-likeness (QED) is 0.431. The molecule has 0 aliphatic carbocycles. The molecule has 0 saturated heterocycles. The molecule has 8 nitrogen and oxygen atoms in total. The molecule has 0 N–H and O–H groups in total. The van der Waals surface area contributed by atoms with E-state index in [1.54, 1.807) is 32.3 Å². The molecule has 0 aliphatic heterocycles. The van der Waals surface area contributed by atoms with Gasteiger partial charge < -0.3 is 4.74 Å². The summed E-state index contributed by atoms with van der Waals surface area (Å²) in [5.74, 6) is -0.241. The van der Waals surface area contributed by atoms with Gasteiger partial charge in [0.1, 0.15) is 5.75 Å². The molecular formula is C23H20ClN3O5S. The predicted molar refractivity (Wildman–Crippen MR) is 127 cm³/mol. The van der Waals surface area contributed by atoms with Crippen LogP contribution in [0.5, 0.6) is 5.75 Å². The van der Waals surface area contributed by atoms with Crippen molar-refractivity contribution in [2.75, 3.05) is 11.4 Å². The number of halogens is 1. The first-order valence-corrected chi connectivity index (χ1v) is 11.6. The number of aryl methyl sites for hydroxylation is 2. The van der Waals surface area contributed by atoms with Gasteiger partial charge in [-0.2, -0.15) is 4.31 Å². The van der Waals surface area contributed by atoms with Crippen LogP contribution >= 0.6 is 11.6 Å². The molecule has 3 aromatic carbocycles. The number of rotatable bonds is 5. The summed E-state index contributed by atoms with van der Waals surface area (Å²) < 4.78 is 36.2. The summed E-state index contributed by atoms with van der Waals surface area (Å²) >= 11 is 5.93. The van der Waals surface area contributed by atoms with Gasteiger partial charge >= 0.3 is 5.69 Å². The van der Waals surface area contributed by atoms with E-state index in [1.165, 1.54) is 64.8 Å². The average molecular weight is 486 g/mol. The Morgan fingerprint density at radius 3 is 2.12 bits per heavy atom. The molecule has 1 amide bonds. The van der Waals surface area contributed by atoms with Crippen molar-refractivity contribution < 1.29 is 17.9 Å². The van der Waals surface area contributed by atoms with Crippen LogP contribution in [0.4, 0.5) is 5.69 Å². The van der Waals surface area contributed by atoms with Gasteiger partial charge in [-0.15, -0.1) is 0 Å². The summed E-state index contributed by atoms with van der Waals surface area (Å²) in [4.78, 5) is 25.6. The number of fused-ring (bicyclic) bond motifs is 1. The van der Waals surface area contributed by atoms with E-state index in [9.17, 15) is 18.0 Å². The van der Waals surface area contributed by atoms with Gasteiger partial charge in [-0.25, -0.2) is 13.2 Å². The lowest BCUT2D eigenvalue weighted by Gasteiger charge is -2.23. The number of hydrogen-bond donors (Lipinski definition) is 0. The van der Waals surface area contributed by atoms with Gasteiger partial charge in [-0.05, 0) is 66.7 Å². The van der Waals surface area contributed by atoms with Crippen molar-refractivity contribution >= 4 is 44.3 Å². The van der Waals surface area contributed by atoms with Crippen molar-refractivity contribution in [2.24, 2.45) is 14.1 Å². The Morgan fingerprint density at radius 2 is 1.52 bits per heavy atom. The Bertz CT molecular complexity index is 1520. The van der Waals surface area contributed by atoms with Crippen LogP contribution in [-0.2, 0) is 24.1 Å². The fourth-order valence-corrected chi connectivity index (χ4v) is 5.11. The van der Waals surface area contributed by atoms with E-state index in [0.29, 0.717) is 21.8 Å². The van der Waals surface area contributed by atoms with Gasteiger partial charge in [0.05, 0.1) is 28.7 Å². The zero-order valence-electron chi connectivity index (χ0n) is 18.0. The minimum atomic E-state index is -4.36. The minimum absolute atomic E-state index is 0.130. The molecule has 10 heteroatoms. The highest BCUT2D eigenvalue weighted by molar-refractivity contribution is 7.93. The average Bonchev–Trinajstić information content (AvgIpc) is 3.03. The highest BCUT2D eigenvalue weighted by atomic mass is 35.5. The molecule has 1 heterocycles. The topological polar surface area (TPSA) is 90.6 Å². The van der Waals surface area contributed by atoms with Crippen molar-refractivity contribution in [1.29, 1.82) is 0 Å². The molecule has 0 atom stereocenters. The number of carbonyl (C=O) groups is 1. The van der Waals surface area contributed by atoms with Gasteiger partial charge in [0.25, 0.3) is 15.9 Å². The van der Waals surface area contributed by atoms with Crippen molar-refractivity contribution in [3.8, 4) is 5.75 Å². The largest absolute Gasteiger partial charge is 0.497 e. The normalized spacial score (nSPS) is 11.5. The van der Waals surface area contributed by atoms with Crippen molar-refractivity contribution in [3.05, 3.63) is 87.8 Å². The molecule has 0 unspecified atom stereocenters. The summed E-state index contributed by atoms with van der Waals surface area (Å²) in [6.07, 6.45) is 0. The van der Waals surface area contributed by atoms with Crippen molar-refractivity contribution in [1.82, 2.24) is 9.13 Å². The first kappa shape index (κ1) is 22.6. The first-order chi connectivity index (χ1) is 15.6. The summed E-state index contributed by atoms with van der Waals surface area (Å²) in [6.45, 7) is 0. The highest BCUT2D eigenvalue weighted by Gasteiger charge is 2.32. The molecule has 0 fully saturated rings. The predicted octanol–water partition coefficient (Wildman–Crippen LogP) is 3.57. The first-order valence-electron chi connectivity index (χ1n) is 9.80. The maximum absolute atomic E-state index is 13.8. The molecule has 0 radical (unpaired) electrons. The maximum Gasteiger partial charge on any atom is 0.328 e. The Hall–Kier alpha value is -3.56. The SMILES string of the molecule is COc1ccc(N(C(=O)c2ccc(Cl)cc2)S(=O)(=O)c2ccc3c(c2)n(C)c(=O)n3C)cc1. The fraction of sp³-hybridized carbons (Fsp3) is 0.130. The zero-order valence-corrected chi connectivity index (χ0v) is 19.6. The number of imidazole rings is 1. The zero-order chi connectivity index (χ0) is 23.9. The molecular weight excluding hydrogens is 466 g/mol. The third-order valence-corrected chi connectivity index (χ3v) is 7.32. The number of nitrogens with zero attached hydrogens (tertiary/aromatic N) is 3. The summed E-state index contributed by atoms with van der Waals surface area (Å²) in [5, 5.41) is 0.417. The number of aromatic nitrogens is 2. The molecule has 0 spiro atoms. The van der Waals surface area contributed by atoms with E-state index < -0.39 is 15.9 Å². The van der Waals surface area contributed by atoms with Crippen LogP contribution in [0, 0.1) is 0 Å². The van der Waals surface area contributed by atoms with E-state index in [0.717, 1.165) is 4.31 Å². The van der Waals surface area contributed by atoms with Crippen molar-refractivity contribution in [2.45, 2.75) is 4.90 Å². The van der Waals surface area contributed by atoms with Crippen LogP contribution in [0.2, 0.25) is 5.02 Å². The van der Waals surface area contributed by atoms with Gasteiger partial charge in [0.15, 0.2) is 0 Å². The molecule has 0 aliphatic rings. The molecule has 4 rings (SSSR count). The second-order valence-electron chi connectivity index (χ2n) is 7.33. The van der Waals surface area contributed by atoms with E-state index in [4.69, 9.17) is 16.3 Å². The Morgan fingerprint density at radius 1 is 0.909 bits per heavy atom. The number of sulfonamides is 1. The van der Waals surface area contributed by atoms with Gasteiger partial charge in [-0.3, -0.25) is 13.9 Å². The summed E-state index contributed by atoms with van der Waals surface area (Å²) in [5.41, 5.74) is 0.993. The summed E-state index contributed by atoms with van der Waals surface area (Å²) in [6, 6.07) is 16.4. The number of hydrogen-bond acceptors (Lipinski definition) is 5. The summed E-state index contributed by atoms with van der Waals surface area (Å²) in [7, 11) is 0.291. The number of methoxy groups -OCH3 is 1.